The molecule has 0 bridgehead atoms. The summed E-state index contributed by atoms with van der Waals surface area (Å²) in [5.41, 5.74) is 0. The fourth-order valence-corrected chi connectivity index (χ4v) is 10.4. The highest BCUT2D eigenvalue weighted by Gasteiger charge is 2.50. The Morgan fingerprint density at radius 2 is 0.759 bits per heavy atom. The molecule has 1 heterocycles. The van der Waals surface area contributed by atoms with E-state index in [1.54, 1.807) is 0 Å². The molecule has 6 atom stereocenters. The molecular weight excluding hydrogens is 997 g/mol. The van der Waals surface area contributed by atoms with Crippen molar-refractivity contribution in [1.29, 1.82) is 0 Å². The maximum Gasteiger partial charge on any atom is 0.335 e. The second kappa shape index (κ2) is 55.7. The molecule has 1 saturated heterocycles. The predicted octanol–water partition coefficient (Wildman–Crippen LogP) is 17.8. The lowest BCUT2D eigenvalue weighted by Crippen LogP contribution is -2.61. The van der Waals surface area contributed by atoms with Gasteiger partial charge >= 0.3 is 23.9 Å². The highest BCUT2D eigenvalue weighted by atomic mass is 16.7. The molecule has 0 aromatic carbocycles. The number of carboxylic acids is 1. The average Bonchev–Trinajstić information content (AvgIpc) is 3.47. The lowest BCUT2D eigenvalue weighted by molar-refractivity contribution is -0.301. The van der Waals surface area contributed by atoms with Crippen molar-refractivity contribution in [2.24, 2.45) is 0 Å². The van der Waals surface area contributed by atoms with Crippen LogP contribution in [0.3, 0.4) is 0 Å². The molecule has 0 aromatic heterocycles. The fourth-order valence-electron chi connectivity index (χ4n) is 10.4. The molecule has 12 heteroatoms. The summed E-state index contributed by atoms with van der Waals surface area (Å²) in [6.45, 7) is 6.03. The first-order valence-electron chi connectivity index (χ1n) is 33.3. The summed E-state index contributed by atoms with van der Waals surface area (Å²) in [5.74, 6) is -3.08. The van der Waals surface area contributed by atoms with Crippen LogP contribution in [0, 0.1) is 0 Å². The molecule has 6 unspecified atom stereocenters. The van der Waals surface area contributed by atoms with Gasteiger partial charge in [0.15, 0.2) is 24.6 Å². The molecular formula is C67H122O12. The number of allylic oxidation sites excluding steroid dienone is 4. The van der Waals surface area contributed by atoms with Crippen molar-refractivity contribution < 1.29 is 58.2 Å². The minimum atomic E-state index is -1.90. The maximum absolute atomic E-state index is 13.2. The van der Waals surface area contributed by atoms with E-state index in [9.17, 15) is 34.5 Å². The number of aliphatic carboxylic acids is 1. The number of esters is 3. The van der Waals surface area contributed by atoms with E-state index >= 15 is 0 Å². The van der Waals surface area contributed by atoms with Gasteiger partial charge in [-0.05, 0) is 51.4 Å². The Morgan fingerprint density at radius 3 is 1.16 bits per heavy atom. The molecule has 1 rings (SSSR count). The first kappa shape index (κ1) is 74.2. The van der Waals surface area contributed by atoms with E-state index in [4.69, 9.17) is 23.7 Å². The third-order valence-corrected chi connectivity index (χ3v) is 15.5. The Bertz CT molecular complexity index is 1470. The molecule has 0 spiro atoms. The van der Waals surface area contributed by atoms with Crippen LogP contribution in [0.4, 0.5) is 0 Å². The number of rotatable bonds is 58. The number of carbonyl (C=O) groups excluding carboxylic acids is 3. The van der Waals surface area contributed by atoms with E-state index in [-0.39, 0.29) is 25.9 Å². The van der Waals surface area contributed by atoms with E-state index in [1.807, 2.05) is 0 Å². The van der Waals surface area contributed by atoms with Gasteiger partial charge in [-0.15, -0.1) is 0 Å². The van der Waals surface area contributed by atoms with Crippen molar-refractivity contribution in [3.8, 4) is 0 Å². The van der Waals surface area contributed by atoms with Crippen LogP contribution >= 0.6 is 0 Å². The Hall–Kier alpha value is -2.80. The number of carbonyl (C=O) groups is 4. The molecule has 79 heavy (non-hydrogen) atoms. The van der Waals surface area contributed by atoms with E-state index in [0.717, 1.165) is 77.0 Å². The van der Waals surface area contributed by atoms with Crippen molar-refractivity contribution in [2.75, 3.05) is 13.2 Å². The average molecular weight is 1120 g/mol. The smallest absolute Gasteiger partial charge is 0.335 e. The number of carboxylic acid groups (broad SMARTS) is 1. The Kier molecular flexibility index (Phi) is 52.3. The molecule has 0 amide bonds. The highest BCUT2D eigenvalue weighted by molar-refractivity contribution is 5.74. The van der Waals surface area contributed by atoms with Crippen LogP contribution in [0.2, 0.25) is 0 Å². The number of ether oxygens (including phenoxy) is 5. The quantitative estimate of drug-likeness (QED) is 0.0228. The summed E-state index contributed by atoms with van der Waals surface area (Å²) < 4.78 is 28.6. The molecule has 0 aliphatic carbocycles. The number of hydrogen-bond donors (Lipinski definition) is 3. The zero-order chi connectivity index (χ0) is 57.5. The van der Waals surface area contributed by atoms with Gasteiger partial charge in [-0.25, -0.2) is 4.79 Å². The molecule has 0 aromatic rings. The summed E-state index contributed by atoms with van der Waals surface area (Å²) in [6.07, 6.45) is 52.7. The maximum atomic E-state index is 13.2. The predicted molar refractivity (Wildman–Crippen MR) is 322 cm³/mol. The number of unbranched alkanes of at least 4 members (excludes halogenated alkanes) is 40. The van der Waals surface area contributed by atoms with Crippen molar-refractivity contribution >= 4 is 23.9 Å². The summed E-state index contributed by atoms with van der Waals surface area (Å²) >= 11 is 0. The van der Waals surface area contributed by atoms with Crippen molar-refractivity contribution in [1.82, 2.24) is 0 Å². The van der Waals surface area contributed by atoms with Crippen LogP contribution in [-0.4, -0.2) is 89.2 Å². The number of aliphatic hydroxyl groups excluding tert-OH is 2. The lowest BCUT2D eigenvalue weighted by atomic mass is 9.98. The summed E-state index contributed by atoms with van der Waals surface area (Å²) in [6, 6.07) is 0. The SMILES string of the molecule is CCCCC/C=C\C/C=C\CCCCCCCCCC(=O)OCC(COC1OC(C(=O)O)C(O)C(O)C1OC(=O)CCCCCCCCCCCCCCCCCCC)OC(=O)CCCCCCCCCCCCCCCCC. The molecule has 0 radical (unpaired) electrons. The number of aliphatic hydroxyl groups is 2. The second-order valence-electron chi connectivity index (χ2n) is 23.1. The molecule has 1 fully saturated rings. The number of hydrogen-bond acceptors (Lipinski definition) is 11. The summed E-state index contributed by atoms with van der Waals surface area (Å²) in [4.78, 5) is 51.3. The zero-order valence-corrected chi connectivity index (χ0v) is 51.1. The van der Waals surface area contributed by atoms with Gasteiger partial charge < -0.3 is 39.0 Å². The first-order chi connectivity index (χ1) is 38.6. The van der Waals surface area contributed by atoms with Gasteiger partial charge in [0.25, 0.3) is 0 Å². The lowest BCUT2D eigenvalue weighted by Gasteiger charge is -2.40. The van der Waals surface area contributed by atoms with Crippen LogP contribution in [0.15, 0.2) is 24.3 Å². The van der Waals surface area contributed by atoms with Crippen molar-refractivity contribution in [3.63, 3.8) is 0 Å². The topological polar surface area (TPSA) is 175 Å². The van der Waals surface area contributed by atoms with Gasteiger partial charge in [0.05, 0.1) is 6.61 Å². The van der Waals surface area contributed by atoms with Crippen LogP contribution in [-0.2, 0) is 42.9 Å². The third kappa shape index (κ3) is 45.4. The largest absolute Gasteiger partial charge is 0.479 e. The van der Waals surface area contributed by atoms with Gasteiger partial charge in [0.2, 0.25) is 0 Å². The molecule has 1 aliphatic heterocycles. The summed E-state index contributed by atoms with van der Waals surface area (Å²) in [5, 5.41) is 31.6. The van der Waals surface area contributed by atoms with Gasteiger partial charge in [-0.3, -0.25) is 14.4 Å². The van der Waals surface area contributed by atoms with Gasteiger partial charge in [0.1, 0.15) is 18.8 Å². The third-order valence-electron chi connectivity index (χ3n) is 15.5. The van der Waals surface area contributed by atoms with E-state index in [2.05, 4.69) is 45.1 Å². The Morgan fingerprint density at radius 1 is 0.418 bits per heavy atom. The fraction of sp³-hybridized carbons (Fsp3) is 0.881. The van der Waals surface area contributed by atoms with E-state index in [1.165, 1.54) is 193 Å². The minimum Gasteiger partial charge on any atom is -0.479 e. The standard InChI is InChI=1S/C67H122O12/c1-4-7-10-13-16-19-22-25-28-30-33-35-38-41-44-47-50-53-59(68)75-56-58(77-60(69)54-51-48-45-42-39-36-32-27-24-21-18-15-12-9-6-3)57-76-67-65(63(72)62(71)64(79-67)66(73)74)78-61(70)55-52-49-46-43-40-37-34-31-29-26-23-20-17-14-11-8-5-2/h16,19,25,28,58,62-65,67,71-72H,4-15,17-18,20-24,26-27,29-57H2,1-3H3,(H,73,74)/b19-16-,28-25-. The van der Waals surface area contributed by atoms with Gasteiger partial charge in [-0.1, -0.05) is 283 Å². The second-order valence-corrected chi connectivity index (χ2v) is 23.1. The van der Waals surface area contributed by atoms with Crippen molar-refractivity contribution in [2.45, 2.75) is 366 Å². The Labute approximate surface area is 483 Å². The highest BCUT2D eigenvalue weighted by Crippen LogP contribution is 2.27. The van der Waals surface area contributed by atoms with Crippen LogP contribution in [0.1, 0.15) is 329 Å². The summed E-state index contributed by atoms with van der Waals surface area (Å²) in [7, 11) is 0. The normalized spacial score (nSPS) is 17.9. The molecule has 462 valence electrons. The van der Waals surface area contributed by atoms with Gasteiger partial charge in [0, 0.05) is 19.3 Å². The van der Waals surface area contributed by atoms with Crippen LogP contribution < -0.4 is 0 Å². The van der Waals surface area contributed by atoms with Gasteiger partial charge in [-0.2, -0.15) is 0 Å². The molecule has 12 nitrogen and oxygen atoms in total. The molecule has 1 aliphatic rings. The molecule has 0 saturated carbocycles. The van der Waals surface area contributed by atoms with Crippen molar-refractivity contribution in [3.05, 3.63) is 24.3 Å². The van der Waals surface area contributed by atoms with E-state index in [0.29, 0.717) is 19.3 Å². The van der Waals surface area contributed by atoms with Crippen LogP contribution in [0.5, 0.6) is 0 Å². The zero-order valence-electron chi connectivity index (χ0n) is 51.1. The minimum absolute atomic E-state index is 0.0675. The Balaban J connectivity index is 2.63. The molecule has 3 N–H and O–H groups in total. The van der Waals surface area contributed by atoms with Crippen LogP contribution in [0.25, 0.3) is 0 Å². The van der Waals surface area contributed by atoms with E-state index < -0.39 is 67.3 Å². The monoisotopic (exact) mass is 1120 g/mol. The first-order valence-corrected chi connectivity index (χ1v) is 33.3.